The summed E-state index contributed by atoms with van der Waals surface area (Å²) < 4.78 is 0. The molecular weight excluding hydrogens is 1080 g/mol. The van der Waals surface area contributed by atoms with E-state index in [-0.39, 0.29) is 107 Å². The molecule has 0 bridgehead atoms. The summed E-state index contributed by atoms with van der Waals surface area (Å²) in [7, 11) is 0. The van der Waals surface area contributed by atoms with Crippen molar-refractivity contribution in [1.29, 1.82) is 0 Å². The molecule has 0 fully saturated rings. The maximum absolute atomic E-state index is 14.0. The Labute approximate surface area is 476 Å². The van der Waals surface area contributed by atoms with Crippen LogP contribution in [0.15, 0.2) is 34.3 Å². The number of carbonyl (C=O) groups is 10. The molecule has 0 saturated heterocycles. The molecule has 0 unspecified atom stereocenters. The summed E-state index contributed by atoms with van der Waals surface area (Å²) in [4.78, 5) is 138. The molecule has 20 N–H and O–H groups in total. The van der Waals surface area contributed by atoms with Gasteiger partial charge < -0.3 is 81.6 Å². The fraction of sp³-hybridized carbons (Fsp3) is 0.633. The van der Waals surface area contributed by atoms with Crippen LogP contribution in [0.5, 0.6) is 5.75 Å². The number of aliphatic imine (C=N–C) groups is 2. The summed E-state index contributed by atoms with van der Waals surface area (Å²) in [5.41, 5.74) is 27.6. The lowest BCUT2D eigenvalue weighted by Crippen LogP contribution is -2.58. The molecule has 0 aliphatic heterocycles. The SMILES string of the molecule is CSCC[C@H](NC(=O)[C@H](CS)NC(=O)[C@H](CCCN=C(N)N)NC(C)=O)C(=O)NCCCCC(=O)N[C@@H](CCCN=C(N)N)C(=O)N[C@H](C(=O)N[C@@H](Cc1ccc(O)cc1)C(=O)NCCCCC(=O)N[C@@H](CS)C(N)=O)C(C)C. The molecule has 7 atom stereocenters. The first-order valence-electron chi connectivity index (χ1n) is 25.9. The highest BCUT2D eigenvalue weighted by Crippen LogP contribution is 2.14. The molecule has 0 heterocycles. The lowest BCUT2D eigenvalue weighted by molar-refractivity contribution is -0.134. The maximum atomic E-state index is 14.0. The zero-order chi connectivity index (χ0) is 59.5. The highest BCUT2D eigenvalue weighted by Gasteiger charge is 2.32. The summed E-state index contributed by atoms with van der Waals surface area (Å²) in [6.45, 7) is 5.23. The van der Waals surface area contributed by atoms with Gasteiger partial charge in [-0.15, -0.1) is 0 Å². The molecule has 79 heavy (non-hydrogen) atoms. The summed E-state index contributed by atoms with van der Waals surface area (Å²) in [6.07, 6.45) is 4.27. The van der Waals surface area contributed by atoms with Crippen LogP contribution in [0.2, 0.25) is 0 Å². The Balaban J connectivity index is 3.03. The van der Waals surface area contributed by atoms with E-state index in [2.05, 4.69) is 83.1 Å². The number of rotatable bonds is 40. The van der Waals surface area contributed by atoms with Crippen molar-refractivity contribution in [2.45, 2.75) is 140 Å². The molecular formula is C49H84N16O11S3. The number of unbranched alkanes of at least 4 members (excludes halogenated alkanes) is 2. The number of aromatic hydroxyl groups is 1. The van der Waals surface area contributed by atoms with Gasteiger partial charge in [0, 0.05) is 63.9 Å². The van der Waals surface area contributed by atoms with Crippen molar-refractivity contribution in [2.24, 2.45) is 44.6 Å². The number of phenolic OH excluding ortho intramolecular Hbond substituents is 1. The third-order valence-corrected chi connectivity index (χ3v) is 13.0. The van der Waals surface area contributed by atoms with Crippen molar-refractivity contribution in [1.82, 2.24) is 47.9 Å². The summed E-state index contributed by atoms with van der Waals surface area (Å²) in [5.74, 6) is -6.23. The van der Waals surface area contributed by atoms with Crippen molar-refractivity contribution < 1.29 is 53.1 Å². The zero-order valence-electron chi connectivity index (χ0n) is 45.5. The van der Waals surface area contributed by atoms with Gasteiger partial charge in [0.2, 0.25) is 59.1 Å². The van der Waals surface area contributed by atoms with Gasteiger partial charge in [-0.1, -0.05) is 26.0 Å². The number of phenols is 1. The summed E-state index contributed by atoms with van der Waals surface area (Å²) >= 11 is 9.70. The molecule has 30 heteroatoms. The van der Waals surface area contributed by atoms with Crippen molar-refractivity contribution >= 4 is 108 Å². The number of nitrogens with two attached hydrogens (primary N) is 5. The molecule has 0 aliphatic carbocycles. The Kier molecular flexibility index (Phi) is 35.3. The predicted molar refractivity (Wildman–Crippen MR) is 309 cm³/mol. The number of guanidine groups is 2. The van der Waals surface area contributed by atoms with Gasteiger partial charge in [-0.25, -0.2) is 0 Å². The Hall–Kier alpha value is -6.69. The Morgan fingerprint density at radius 3 is 1.46 bits per heavy atom. The summed E-state index contributed by atoms with van der Waals surface area (Å²) in [5, 5.41) is 33.9. The third-order valence-electron chi connectivity index (χ3n) is 11.7. The van der Waals surface area contributed by atoms with E-state index in [0.717, 1.165) is 0 Å². The van der Waals surface area contributed by atoms with Crippen LogP contribution in [-0.2, 0) is 54.4 Å². The molecule has 1 rings (SSSR count). The fourth-order valence-corrected chi connectivity index (χ4v) is 8.39. The number of nitrogens with one attached hydrogen (secondary N) is 9. The smallest absolute Gasteiger partial charge is 0.244 e. The standard InChI is InChI=1S/C49H84N16O11S3/c1-28(2)40(47(76)63-35(25-30-15-17-31(67)18-16-30)43(72)56-21-8-6-14-39(69)61-36(26-77)41(50)70)65-45(74)33(12-10-23-58-49(53)54)60-38(68)13-5-7-20-55-42(71)34(19-24-79-4)62-46(75)37(27-78)64-44(73)32(59-29(3)66)11-9-22-57-48(51)52/h15-18,28,32-37,40,67,77-78H,5-14,19-27H2,1-4H3,(H2,50,70)(H,55,71)(H,56,72)(H,59,66)(H,60,68)(H,61,69)(H,62,75)(H,63,76)(H,64,73)(H,65,74)(H4,51,52,57)(H4,53,54,58)/t32-,33-,34-,35-,36-,37-,40-/m0/s1. The van der Waals surface area contributed by atoms with Crippen LogP contribution in [0.3, 0.4) is 0 Å². The highest BCUT2D eigenvalue weighted by atomic mass is 32.2. The molecule has 1 aromatic rings. The monoisotopic (exact) mass is 1170 g/mol. The minimum Gasteiger partial charge on any atom is -0.508 e. The number of thioether (sulfide) groups is 1. The minimum atomic E-state index is -1.18. The first-order valence-corrected chi connectivity index (χ1v) is 28.6. The van der Waals surface area contributed by atoms with Crippen molar-refractivity contribution in [3.63, 3.8) is 0 Å². The normalized spacial score (nSPS) is 13.5. The molecule has 27 nitrogen and oxygen atoms in total. The number of hydrogen-bond acceptors (Lipinski definition) is 16. The number of amides is 10. The van der Waals surface area contributed by atoms with Crippen LogP contribution < -0.4 is 76.5 Å². The second-order valence-corrected chi connectivity index (χ2v) is 20.4. The Morgan fingerprint density at radius 2 is 0.987 bits per heavy atom. The van der Waals surface area contributed by atoms with Crippen molar-refractivity contribution in [3.8, 4) is 5.75 Å². The lowest BCUT2D eigenvalue weighted by atomic mass is 10.00. The van der Waals surface area contributed by atoms with Gasteiger partial charge in [-0.3, -0.25) is 57.9 Å². The van der Waals surface area contributed by atoms with Crippen LogP contribution in [-0.4, -0.2) is 168 Å². The van der Waals surface area contributed by atoms with E-state index in [1.54, 1.807) is 26.0 Å². The molecule has 0 aliphatic rings. The fourth-order valence-electron chi connectivity index (χ4n) is 7.39. The van der Waals surface area contributed by atoms with E-state index < -0.39 is 107 Å². The van der Waals surface area contributed by atoms with Gasteiger partial charge in [0.15, 0.2) is 11.9 Å². The lowest BCUT2D eigenvalue weighted by Gasteiger charge is -2.27. The third kappa shape index (κ3) is 30.9. The number of nitrogens with zero attached hydrogens (tertiary/aromatic N) is 2. The average Bonchev–Trinajstić information content (AvgIpc) is 3.39. The van der Waals surface area contributed by atoms with Gasteiger partial charge in [0.05, 0.1) is 0 Å². The number of benzene rings is 1. The largest absolute Gasteiger partial charge is 0.508 e. The predicted octanol–water partition coefficient (Wildman–Crippen LogP) is -3.22. The quantitative estimate of drug-likeness (QED) is 0.0133. The first kappa shape index (κ1) is 70.3. The molecule has 444 valence electrons. The Morgan fingerprint density at radius 1 is 0.544 bits per heavy atom. The van der Waals surface area contributed by atoms with Crippen molar-refractivity contribution in [2.75, 3.05) is 49.7 Å². The van der Waals surface area contributed by atoms with Gasteiger partial charge in [-0.2, -0.15) is 37.0 Å². The Bertz CT molecular complexity index is 2200. The second kappa shape index (κ2) is 39.6. The molecule has 0 radical (unpaired) electrons. The minimum absolute atomic E-state index is 0.00631. The van der Waals surface area contributed by atoms with E-state index in [1.807, 2.05) is 6.26 Å². The van der Waals surface area contributed by atoms with Crippen LogP contribution >= 0.6 is 37.0 Å². The number of primary amides is 1. The van der Waals surface area contributed by atoms with Crippen LogP contribution in [0.4, 0.5) is 0 Å². The van der Waals surface area contributed by atoms with Crippen LogP contribution in [0, 0.1) is 5.92 Å². The topological polar surface area (TPSA) is 454 Å². The van der Waals surface area contributed by atoms with Crippen molar-refractivity contribution in [3.05, 3.63) is 29.8 Å². The van der Waals surface area contributed by atoms with E-state index in [0.29, 0.717) is 37.0 Å². The van der Waals surface area contributed by atoms with E-state index in [9.17, 15) is 53.1 Å². The van der Waals surface area contributed by atoms with E-state index in [4.69, 9.17) is 28.7 Å². The molecule has 0 saturated carbocycles. The number of thiol groups is 2. The van der Waals surface area contributed by atoms with Crippen LogP contribution in [0.1, 0.15) is 97.0 Å². The first-order chi connectivity index (χ1) is 37.4. The second-order valence-electron chi connectivity index (χ2n) is 18.7. The maximum Gasteiger partial charge on any atom is 0.244 e. The molecule has 10 amide bonds. The highest BCUT2D eigenvalue weighted by molar-refractivity contribution is 7.98. The molecule has 0 aromatic heterocycles. The van der Waals surface area contributed by atoms with Gasteiger partial charge in [-0.05, 0) is 93.4 Å². The number of carbonyl (C=O) groups excluding carboxylic acids is 10. The molecule has 0 spiro atoms. The van der Waals surface area contributed by atoms with Gasteiger partial charge in [0.1, 0.15) is 48.0 Å². The number of hydrogen-bond donors (Lipinski definition) is 17. The van der Waals surface area contributed by atoms with E-state index in [1.165, 1.54) is 30.8 Å². The summed E-state index contributed by atoms with van der Waals surface area (Å²) in [6, 6.07) is -1.49. The van der Waals surface area contributed by atoms with Gasteiger partial charge >= 0.3 is 0 Å². The van der Waals surface area contributed by atoms with E-state index >= 15 is 0 Å². The van der Waals surface area contributed by atoms with Crippen LogP contribution in [0.25, 0.3) is 0 Å². The van der Waals surface area contributed by atoms with Gasteiger partial charge in [0.25, 0.3) is 0 Å². The molecule has 1 aromatic carbocycles. The zero-order valence-corrected chi connectivity index (χ0v) is 48.1. The average molecular weight is 1170 g/mol.